The molecule has 2 amide bonds. The zero-order valence-electron chi connectivity index (χ0n) is 15.1. The molecule has 2 aliphatic rings. The van der Waals surface area contributed by atoms with Crippen molar-refractivity contribution in [1.82, 2.24) is 19.8 Å². The maximum Gasteiger partial charge on any atom is 0.228 e. The summed E-state index contributed by atoms with van der Waals surface area (Å²) in [5.41, 5.74) is 0.851. The zero-order valence-corrected chi connectivity index (χ0v) is 15.1. The van der Waals surface area contributed by atoms with E-state index in [0.717, 1.165) is 5.69 Å². The summed E-state index contributed by atoms with van der Waals surface area (Å²) in [7, 11) is 1.59. The smallest absolute Gasteiger partial charge is 0.228 e. The van der Waals surface area contributed by atoms with E-state index in [2.05, 4.69) is 14.9 Å². The second-order valence-corrected chi connectivity index (χ2v) is 6.50. The molecule has 0 saturated carbocycles. The highest BCUT2D eigenvalue weighted by molar-refractivity contribution is 5.89. The number of ether oxygens (including phenoxy) is 1. The highest BCUT2D eigenvalue weighted by atomic mass is 16.5. The summed E-state index contributed by atoms with van der Waals surface area (Å²) in [6, 6.07) is 1.79. The average Bonchev–Trinajstić information content (AvgIpc) is 3.01. The second-order valence-electron chi connectivity index (χ2n) is 6.50. The number of likely N-dealkylation sites (tertiary alicyclic amines) is 1. The lowest BCUT2D eigenvalue weighted by atomic mass is 10.1. The molecule has 0 aliphatic carbocycles. The molecule has 8 nitrogen and oxygen atoms in total. The molecule has 0 N–H and O–H groups in total. The van der Waals surface area contributed by atoms with Crippen LogP contribution in [0.3, 0.4) is 0 Å². The molecule has 0 spiro atoms. The maximum atomic E-state index is 12.7. The van der Waals surface area contributed by atoms with Crippen LogP contribution in [0.1, 0.15) is 19.0 Å². The van der Waals surface area contributed by atoms with Crippen LogP contribution in [0.2, 0.25) is 0 Å². The fourth-order valence-corrected chi connectivity index (χ4v) is 3.40. The van der Waals surface area contributed by atoms with Gasteiger partial charge in [-0.2, -0.15) is 4.98 Å². The van der Waals surface area contributed by atoms with Gasteiger partial charge in [-0.15, -0.1) is 0 Å². The number of hydrogen-bond donors (Lipinski definition) is 0. The van der Waals surface area contributed by atoms with Gasteiger partial charge in [-0.25, -0.2) is 4.98 Å². The lowest BCUT2D eigenvalue weighted by Crippen LogP contribution is -2.51. The van der Waals surface area contributed by atoms with Crippen molar-refractivity contribution in [2.45, 2.75) is 20.3 Å². The molecular weight excluding hydrogens is 322 g/mol. The molecule has 3 rings (SSSR count). The Balaban J connectivity index is 1.59. The van der Waals surface area contributed by atoms with Crippen LogP contribution in [0.5, 0.6) is 5.88 Å². The zero-order chi connectivity index (χ0) is 18.0. The van der Waals surface area contributed by atoms with Crippen molar-refractivity contribution in [1.29, 1.82) is 0 Å². The van der Waals surface area contributed by atoms with Crippen LogP contribution >= 0.6 is 0 Å². The summed E-state index contributed by atoms with van der Waals surface area (Å²) in [6.45, 7) is 7.66. The van der Waals surface area contributed by atoms with Gasteiger partial charge in [-0.3, -0.25) is 9.59 Å². The van der Waals surface area contributed by atoms with Crippen LogP contribution in [-0.2, 0) is 9.59 Å². The first kappa shape index (κ1) is 17.4. The van der Waals surface area contributed by atoms with E-state index in [9.17, 15) is 9.59 Å². The summed E-state index contributed by atoms with van der Waals surface area (Å²) in [5.74, 6) is 1.16. The number of amides is 2. The molecule has 8 heteroatoms. The second kappa shape index (κ2) is 7.25. The lowest BCUT2D eigenvalue weighted by molar-refractivity contribution is -0.136. The van der Waals surface area contributed by atoms with Crippen LogP contribution < -0.4 is 9.64 Å². The maximum absolute atomic E-state index is 12.7. The third-order valence-electron chi connectivity index (χ3n) is 4.85. The van der Waals surface area contributed by atoms with E-state index in [1.807, 2.05) is 18.7 Å². The predicted molar refractivity (Wildman–Crippen MR) is 92.5 cm³/mol. The van der Waals surface area contributed by atoms with E-state index < -0.39 is 0 Å². The third-order valence-corrected chi connectivity index (χ3v) is 4.85. The summed E-state index contributed by atoms with van der Waals surface area (Å²) >= 11 is 0. The fourth-order valence-electron chi connectivity index (χ4n) is 3.40. The van der Waals surface area contributed by atoms with Crippen LogP contribution in [0.4, 0.5) is 5.95 Å². The van der Waals surface area contributed by atoms with Gasteiger partial charge in [0.25, 0.3) is 0 Å². The van der Waals surface area contributed by atoms with Gasteiger partial charge in [0.15, 0.2) is 0 Å². The van der Waals surface area contributed by atoms with Gasteiger partial charge in [-0.1, -0.05) is 0 Å². The Morgan fingerprint density at radius 1 is 1.28 bits per heavy atom. The summed E-state index contributed by atoms with van der Waals surface area (Å²) in [6.07, 6.45) is 0.338. The van der Waals surface area contributed by atoms with E-state index in [0.29, 0.717) is 57.5 Å². The molecule has 0 radical (unpaired) electrons. The Kier molecular flexibility index (Phi) is 5.06. The number of carbonyl (C=O) groups excluding carboxylic acids is 2. The number of carbonyl (C=O) groups is 2. The van der Waals surface area contributed by atoms with Gasteiger partial charge < -0.3 is 19.4 Å². The topological polar surface area (TPSA) is 78.9 Å². The van der Waals surface area contributed by atoms with Crippen molar-refractivity contribution >= 4 is 17.8 Å². The molecule has 0 aromatic carbocycles. The normalized spacial score (nSPS) is 21.0. The largest absolute Gasteiger partial charge is 0.481 e. The molecular formula is C17H25N5O3. The Morgan fingerprint density at radius 2 is 2.00 bits per heavy atom. The lowest BCUT2D eigenvalue weighted by Gasteiger charge is -2.36. The standard InChI is InChI=1S/C17H25N5O3/c1-4-20-11-13(10-15(20)23)16(24)21-5-7-22(8-6-21)17-18-12(2)9-14(19-17)25-3/h9,13H,4-8,10-11H2,1-3H3. The molecule has 1 unspecified atom stereocenters. The number of rotatable bonds is 4. The van der Waals surface area contributed by atoms with Gasteiger partial charge in [0.2, 0.25) is 23.6 Å². The van der Waals surface area contributed by atoms with E-state index in [-0.39, 0.29) is 17.7 Å². The van der Waals surface area contributed by atoms with Crippen molar-refractivity contribution in [3.63, 3.8) is 0 Å². The van der Waals surface area contributed by atoms with Crippen molar-refractivity contribution in [3.8, 4) is 5.88 Å². The van der Waals surface area contributed by atoms with E-state index in [4.69, 9.17) is 4.74 Å². The monoisotopic (exact) mass is 347 g/mol. The van der Waals surface area contributed by atoms with E-state index in [1.165, 1.54) is 0 Å². The third kappa shape index (κ3) is 3.67. The van der Waals surface area contributed by atoms with Gasteiger partial charge >= 0.3 is 0 Å². The Morgan fingerprint density at radius 3 is 2.60 bits per heavy atom. The molecule has 2 aliphatic heterocycles. The fraction of sp³-hybridized carbons (Fsp3) is 0.647. The molecule has 3 heterocycles. The molecule has 25 heavy (non-hydrogen) atoms. The van der Waals surface area contributed by atoms with Gasteiger partial charge in [-0.05, 0) is 13.8 Å². The van der Waals surface area contributed by atoms with Crippen molar-refractivity contribution in [2.24, 2.45) is 5.92 Å². The molecule has 2 saturated heterocycles. The van der Waals surface area contributed by atoms with Gasteiger partial charge in [0.05, 0.1) is 13.0 Å². The number of nitrogens with zero attached hydrogens (tertiary/aromatic N) is 5. The molecule has 1 atom stereocenters. The van der Waals surface area contributed by atoms with Crippen LogP contribution in [-0.4, -0.2) is 78.0 Å². The predicted octanol–water partition coefficient (Wildman–Crippen LogP) is 0.311. The van der Waals surface area contributed by atoms with Crippen molar-refractivity contribution in [2.75, 3.05) is 51.3 Å². The minimum Gasteiger partial charge on any atom is -0.481 e. The molecule has 0 bridgehead atoms. The molecule has 136 valence electrons. The van der Waals surface area contributed by atoms with Crippen LogP contribution in [0.25, 0.3) is 0 Å². The molecule has 1 aromatic heterocycles. The summed E-state index contributed by atoms with van der Waals surface area (Å²) in [5, 5.41) is 0. The van der Waals surface area contributed by atoms with Crippen molar-refractivity contribution < 1.29 is 14.3 Å². The first-order valence-corrected chi connectivity index (χ1v) is 8.73. The highest BCUT2D eigenvalue weighted by Crippen LogP contribution is 2.22. The first-order chi connectivity index (χ1) is 12.0. The van der Waals surface area contributed by atoms with E-state index >= 15 is 0 Å². The number of piperazine rings is 1. The summed E-state index contributed by atoms with van der Waals surface area (Å²) < 4.78 is 5.21. The Bertz CT molecular complexity index is 658. The summed E-state index contributed by atoms with van der Waals surface area (Å²) in [4.78, 5) is 39.1. The Hall–Kier alpha value is -2.38. The van der Waals surface area contributed by atoms with E-state index in [1.54, 1.807) is 18.1 Å². The number of methoxy groups -OCH3 is 1. The minimum atomic E-state index is -0.200. The minimum absolute atomic E-state index is 0.0831. The van der Waals surface area contributed by atoms with Gasteiger partial charge in [0.1, 0.15) is 0 Å². The number of aryl methyl sites for hydroxylation is 1. The first-order valence-electron chi connectivity index (χ1n) is 8.73. The van der Waals surface area contributed by atoms with Gasteiger partial charge in [0, 0.05) is 57.4 Å². The molecule has 1 aromatic rings. The number of anilines is 1. The molecule has 2 fully saturated rings. The van der Waals surface area contributed by atoms with Crippen LogP contribution in [0.15, 0.2) is 6.07 Å². The van der Waals surface area contributed by atoms with Crippen LogP contribution in [0, 0.1) is 12.8 Å². The Labute approximate surface area is 147 Å². The average molecular weight is 347 g/mol. The number of aromatic nitrogens is 2. The number of hydrogen-bond acceptors (Lipinski definition) is 6. The quantitative estimate of drug-likeness (QED) is 0.780. The highest BCUT2D eigenvalue weighted by Gasteiger charge is 2.36. The van der Waals surface area contributed by atoms with Crippen molar-refractivity contribution in [3.05, 3.63) is 11.8 Å². The SMILES string of the molecule is CCN1CC(C(=O)N2CCN(c3nc(C)cc(OC)n3)CC2)CC1=O.